The van der Waals surface area contributed by atoms with E-state index in [4.69, 9.17) is 9.47 Å². The van der Waals surface area contributed by atoms with Crippen molar-refractivity contribution in [2.75, 3.05) is 13.2 Å². The largest absolute Gasteiger partial charge is 0.486 e. The summed E-state index contributed by atoms with van der Waals surface area (Å²) < 4.78 is 10.8. The van der Waals surface area contributed by atoms with Gasteiger partial charge in [0.15, 0.2) is 11.5 Å². The number of hydrazine groups is 1. The van der Waals surface area contributed by atoms with Crippen LogP contribution in [-0.4, -0.2) is 25.0 Å². The third-order valence-corrected chi connectivity index (χ3v) is 3.88. The molecule has 6 nitrogen and oxygen atoms in total. The smallest absolute Gasteiger partial charge is 0.269 e. The Hall–Kier alpha value is -2.80. The van der Waals surface area contributed by atoms with Gasteiger partial charge in [-0.3, -0.25) is 20.4 Å². The number of hydrogen-bond acceptors (Lipinski definition) is 5. The van der Waals surface area contributed by atoms with Crippen LogP contribution in [0, 0.1) is 0 Å². The van der Waals surface area contributed by atoms with Gasteiger partial charge < -0.3 is 9.47 Å². The van der Waals surface area contributed by atoms with Crippen molar-refractivity contribution in [2.45, 2.75) is 0 Å². The predicted molar refractivity (Wildman–Crippen MR) is 86.4 cm³/mol. The van der Waals surface area contributed by atoms with Crippen LogP contribution < -0.4 is 20.3 Å². The van der Waals surface area contributed by atoms with Crippen molar-refractivity contribution in [2.24, 2.45) is 0 Å². The Balaban J connectivity index is 1.56. The second-order valence-electron chi connectivity index (χ2n) is 4.65. The molecule has 118 valence electrons. The van der Waals surface area contributed by atoms with Gasteiger partial charge in [0, 0.05) is 16.5 Å². The fourth-order valence-electron chi connectivity index (χ4n) is 1.96. The molecule has 0 spiro atoms. The fourth-order valence-corrected chi connectivity index (χ4v) is 2.58. The molecule has 2 heterocycles. The number of amides is 2. The number of rotatable bonds is 3. The summed E-state index contributed by atoms with van der Waals surface area (Å²) in [5.74, 6) is 0.285. The number of thiophene rings is 1. The zero-order chi connectivity index (χ0) is 16.1. The van der Waals surface area contributed by atoms with E-state index < -0.39 is 11.8 Å². The Morgan fingerprint density at radius 3 is 2.70 bits per heavy atom. The lowest BCUT2D eigenvalue weighted by atomic mass is 10.2. The van der Waals surface area contributed by atoms with Crippen LogP contribution in [-0.2, 0) is 4.79 Å². The van der Waals surface area contributed by atoms with Gasteiger partial charge in [-0.05, 0) is 35.7 Å². The van der Waals surface area contributed by atoms with Crippen LogP contribution in [0.15, 0.2) is 41.8 Å². The molecule has 2 amide bonds. The summed E-state index contributed by atoms with van der Waals surface area (Å²) in [7, 11) is 0. The second-order valence-corrected chi connectivity index (χ2v) is 5.63. The van der Waals surface area contributed by atoms with E-state index in [0.29, 0.717) is 30.3 Å². The van der Waals surface area contributed by atoms with Crippen molar-refractivity contribution in [1.82, 2.24) is 10.9 Å². The monoisotopic (exact) mass is 330 g/mol. The Labute approximate surface area is 136 Å². The van der Waals surface area contributed by atoms with Gasteiger partial charge in [0.05, 0.1) is 0 Å². The summed E-state index contributed by atoms with van der Waals surface area (Å²) in [6, 6.07) is 8.64. The van der Waals surface area contributed by atoms with E-state index in [1.165, 1.54) is 17.4 Å². The average molecular weight is 330 g/mol. The second kappa shape index (κ2) is 6.97. The van der Waals surface area contributed by atoms with Crippen LogP contribution in [0.3, 0.4) is 0 Å². The first-order chi connectivity index (χ1) is 11.2. The zero-order valence-electron chi connectivity index (χ0n) is 12.1. The van der Waals surface area contributed by atoms with Crippen LogP contribution in [0.25, 0.3) is 6.08 Å². The van der Waals surface area contributed by atoms with Crippen molar-refractivity contribution in [3.63, 3.8) is 0 Å². The van der Waals surface area contributed by atoms with Gasteiger partial charge in [-0.1, -0.05) is 6.07 Å². The minimum atomic E-state index is -0.431. The van der Waals surface area contributed by atoms with Crippen molar-refractivity contribution >= 4 is 29.2 Å². The highest BCUT2D eigenvalue weighted by molar-refractivity contribution is 7.10. The van der Waals surface area contributed by atoms with Crippen LogP contribution in [0.4, 0.5) is 0 Å². The van der Waals surface area contributed by atoms with Crippen molar-refractivity contribution in [3.05, 3.63) is 52.2 Å². The quantitative estimate of drug-likeness (QED) is 0.666. The summed E-state index contributed by atoms with van der Waals surface area (Å²) in [6.45, 7) is 0.938. The molecule has 0 bridgehead atoms. The highest BCUT2D eigenvalue weighted by atomic mass is 32.1. The average Bonchev–Trinajstić information content (AvgIpc) is 3.11. The van der Waals surface area contributed by atoms with E-state index >= 15 is 0 Å². The van der Waals surface area contributed by atoms with Gasteiger partial charge in [-0.15, -0.1) is 11.3 Å². The maximum Gasteiger partial charge on any atom is 0.269 e. The van der Waals surface area contributed by atoms with E-state index in [0.717, 1.165) is 4.88 Å². The van der Waals surface area contributed by atoms with Gasteiger partial charge in [0.2, 0.25) is 0 Å². The first kappa shape index (κ1) is 15.1. The minimum absolute atomic E-state index is 0.372. The Morgan fingerprint density at radius 2 is 1.91 bits per heavy atom. The molecule has 2 N–H and O–H groups in total. The van der Waals surface area contributed by atoms with Crippen LogP contribution in [0.1, 0.15) is 15.2 Å². The van der Waals surface area contributed by atoms with Gasteiger partial charge in [0.1, 0.15) is 13.2 Å². The zero-order valence-corrected chi connectivity index (χ0v) is 12.9. The minimum Gasteiger partial charge on any atom is -0.486 e. The number of hydrogen-bond donors (Lipinski definition) is 2. The van der Waals surface area contributed by atoms with E-state index in [2.05, 4.69) is 10.9 Å². The number of carbonyl (C=O) groups excluding carboxylic acids is 2. The molecule has 1 aromatic heterocycles. The van der Waals surface area contributed by atoms with Crippen molar-refractivity contribution in [3.8, 4) is 11.5 Å². The third kappa shape index (κ3) is 3.89. The van der Waals surface area contributed by atoms with Crippen molar-refractivity contribution in [1.29, 1.82) is 0 Å². The number of fused-ring (bicyclic) bond motifs is 1. The molecule has 0 radical (unpaired) electrons. The summed E-state index contributed by atoms with van der Waals surface area (Å²) in [4.78, 5) is 24.6. The topological polar surface area (TPSA) is 76.7 Å². The lowest BCUT2D eigenvalue weighted by Crippen LogP contribution is -2.40. The number of carbonyl (C=O) groups is 2. The van der Waals surface area contributed by atoms with Crippen LogP contribution in [0.5, 0.6) is 11.5 Å². The van der Waals surface area contributed by atoms with Crippen molar-refractivity contribution < 1.29 is 19.1 Å². The summed E-state index contributed by atoms with van der Waals surface area (Å²) in [5, 5.41) is 1.92. The lowest BCUT2D eigenvalue weighted by Gasteiger charge is -2.18. The summed E-state index contributed by atoms with van der Waals surface area (Å²) >= 11 is 1.52. The predicted octanol–water partition coefficient (Wildman–Crippen LogP) is 1.99. The SMILES string of the molecule is O=C(/C=C/c1cccs1)NNC(=O)c1ccc2c(c1)OCCO2. The molecule has 0 saturated heterocycles. The number of ether oxygens (including phenoxy) is 2. The van der Waals surface area contributed by atoms with E-state index in [1.807, 2.05) is 17.5 Å². The van der Waals surface area contributed by atoms with Gasteiger partial charge >= 0.3 is 0 Å². The molecular formula is C16H14N2O4S. The van der Waals surface area contributed by atoms with E-state index in [1.54, 1.807) is 24.3 Å². The maximum atomic E-state index is 12.0. The number of nitrogens with one attached hydrogen (secondary N) is 2. The Bertz CT molecular complexity index is 741. The summed E-state index contributed by atoms with van der Waals surface area (Å²) in [6.07, 6.45) is 3.03. The molecular weight excluding hydrogens is 316 g/mol. The van der Waals surface area contributed by atoms with Gasteiger partial charge in [-0.25, -0.2) is 0 Å². The molecule has 2 aromatic rings. The third-order valence-electron chi connectivity index (χ3n) is 3.05. The Kier molecular flexibility index (Phi) is 4.58. The molecule has 0 fully saturated rings. The van der Waals surface area contributed by atoms with Gasteiger partial charge in [0.25, 0.3) is 11.8 Å². The molecule has 1 aromatic carbocycles. The Morgan fingerprint density at radius 1 is 1.09 bits per heavy atom. The maximum absolute atomic E-state index is 12.0. The lowest BCUT2D eigenvalue weighted by molar-refractivity contribution is -0.117. The number of benzene rings is 1. The molecule has 1 aliphatic rings. The van der Waals surface area contributed by atoms with Gasteiger partial charge in [-0.2, -0.15) is 0 Å². The molecule has 1 aliphatic heterocycles. The molecule has 0 aliphatic carbocycles. The fraction of sp³-hybridized carbons (Fsp3) is 0.125. The first-order valence-electron chi connectivity index (χ1n) is 6.94. The first-order valence-corrected chi connectivity index (χ1v) is 7.82. The molecule has 0 atom stereocenters. The van der Waals surface area contributed by atoms with Crippen LogP contribution in [0.2, 0.25) is 0 Å². The van der Waals surface area contributed by atoms with Crippen LogP contribution >= 0.6 is 11.3 Å². The molecule has 23 heavy (non-hydrogen) atoms. The molecule has 0 unspecified atom stereocenters. The molecule has 3 rings (SSSR count). The molecule has 0 saturated carbocycles. The molecule has 7 heteroatoms. The standard InChI is InChI=1S/C16H14N2O4S/c19-15(6-4-12-2-1-9-23-12)17-18-16(20)11-3-5-13-14(10-11)22-8-7-21-13/h1-6,9-10H,7-8H2,(H,17,19)(H,18,20)/b6-4+. The highest BCUT2D eigenvalue weighted by Crippen LogP contribution is 2.30. The van der Waals surface area contributed by atoms with E-state index in [9.17, 15) is 9.59 Å². The van der Waals surface area contributed by atoms with E-state index in [-0.39, 0.29) is 0 Å². The highest BCUT2D eigenvalue weighted by Gasteiger charge is 2.15. The summed E-state index contributed by atoms with van der Waals surface area (Å²) in [5.41, 5.74) is 5.06. The normalized spacial score (nSPS) is 12.9.